The zero-order chi connectivity index (χ0) is 17.1. The summed E-state index contributed by atoms with van der Waals surface area (Å²) in [6.07, 6.45) is 3.97. The van der Waals surface area contributed by atoms with Crippen molar-refractivity contribution >= 4 is 23.1 Å². The van der Waals surface area contributed by atoms with Crippen LogP contribution in [-0.2, 0) is 0 Å². The molecule has 0 spiro atoms. The number of phenolic OH excluding ortho intramolecular Hbond substituents is 1. The van der Waals surface area contributed by atoms with Crippen LogP contribution in [0.15, 0.2) is 28.0 Å². The minimum atomic E-state index is 0.0404. The minimum Gasteiger partial charge on any atom is -0.504 e. The molecule has 1 aromatic heterocycles. The molecule has 5 atom stereocenters. The smallest absolute Gasteiger partial charge is 0.305 e. The number of fused-ring (bicyclic) bond motifs is 6. The molecule has 0 saturated heterocycles. The van der Waals surface area contributed by atoms with Crippen LogP contribution >= 0.6 is 23.1 Å². The molecule has 1 aliphatic heterocycles. The van der Waals surface area contributed by atoms with E-state index in [-0.39, 0.29) is 16.5 Å². The van der Waals surface area contributed by atoms with Gasteiger partial charge < -0.3 is 14.8 Å². The molecule has 2 bridgehead atoms. The van der Waals surface area contributed by atoms with Crippen LogP contribution in [0.5, 0.6) is 11.5 Å². The Balaban J connectivity index is 1.65. The van der Waals surface area contributed by atoms with Crippen LogP contribution in [-0.4, -0.2) is 21.9 Å². The lowest BCUT2D eigenvalue weighted by Crippen LogP contribution is -2.33. The number of nitrogens with one attached hydrogen (secondary N) is 1. The van der Waals surface area contributed by atoms with Crippen molar-refractivity contribution in [1.29, 1.82) is 0 Å². The van der Waals surface area contributed by atoms with Crippen LogP contribution < -0.4 is 9.61 Å². The highest BCUT2D eigenvalue weighted by molar-refractivity contribution is 8.00. The van der Waals surface area contributed by atoms with Gasteiger partial charge in [-0.25, -0.2) is 0 Å². The maximum atomic E-state index is 12.0. The Bertz CT molecular complexity index is 874. The lowest BCUT2D eigenvalue weighted by atomic mass is 9.75. The van der Waals surface area contributed by atoms with E-state index in [2.05, 4.69) is 4.98 Å². The van der Waals surface area contributed by atoms with E-state index in [9.17, 15) is 9.90 Å². The van der Waals surface area contributed by atoms with E-state index in [1.807, 2.05) is 30.8 Å². The van der Waals surface area contributed by atoms with Crippen molar-refractivity contribution in [2.45, 2.75) is 42.4 Å². The lowest BCUT2D eigenvalue weighted by molar-refractivity contribution is 0.302. The van der Waals surface area contributed by atoms with Gasteiger partial charge in [-0.1, -0.05) is 17.4 Å². The second-order valence-electron chi connectivity index (χ2n) is 7.34. The lowest BCUT2D eigenvalue weighted by Gasteiger charge is -2.40. The first-order valence-electron chi connectivity index (χ1n) is 9.01. The molecule has 25 heavy (non-hydrogen) atoms. The van der Waals surface area contributed by atoms with Crippen molar-refractivity contribution in [3.05, 3.63) is 38.3 Å². The molecular weight excluding hydrogens is 354 g/mol. The number of aromatic hydroxyl groups is 1. The Labute approximate surface area is 154 Å². The summed E-state index contributed by atoms with van der Waals surface area (Å²) in [7, 11) is 0. The van der Waals surface area contributed by atoms with Gasteiger partial charge in [0.1, 0.15) is 0 Å². The zero-order valence-electron chi connectivity index (χ0n) is 14.0. The molecule has 0 radical (unpaired) electrons. The topological polar surface area (TPSA) is 62.3 Å². The Morgan fingerprint density at radius 2 is 2.16 bits per heavy atom. The van der Waals surface area contributed by atoms with Crippen molar-refractivity contribution in [3.63, 3.8) is 0 Å². The molecule has 4 nitrogen and oxygen atoms in total. The van der Waals surface area contributed by atoms with Crippen molar-refractivity contribution in [2.75, 3.05) is 6.61 Å². The van der Waals surface area contributed by atoms with Crippen LogP contribution in [0.1, 0.15) is 42.5 Å². The third kappa shape index (κ3) is 2.37. The van der Waals surface area contributed by atoms with E-state index in [0.29, 0.717) is 23.5 Å². The quantitative estimate of drug-likeness (QED) is 0.844. The third-order valence-electron chi connectivity index (χ3n) is 6.11. The van der Waals surface area contributed by atoms with Gasteiger partial charge in [-0.05, 0) is 61.6 Å². The number of aromatic nitrogens is 1. The van der Waals surface area contributed by atoms with E-state index in [1.54, 1.807) is 6.07 Å². The molecule has 0 amide bonds. The number of thioether (sulfide) groups is 1. The van der Waals surface area contributed by atoms with Gasteiger partial charge in [-0.2, -0.15) is 0 Å². The highest BCUT2D eigenvalue weighted by atomic mass is 32.2. The van der Waals surface area contributed by atoms with Gasteiger partial charge in [0.2, 0.25) is 0 Å². The molecule has 2 N–H and O–H groups in total. The van der Waals surface area contributed by atoms with Crippen LogP contribution in [0, 0.1) is 17.8 Å². The molecular formula is C19H21NO3S2. The van der Waals surface area contributed by atoms with Gasteiger partial charge >= 0.3 is 4.87 Å². The number of hydrogen-bond acceptors (Lipinski definition) is 5. The summed E-state index contributed by atoms with van der Waals surface area (Å²) in [5, 5.41) is 11.7. The number of phenols is 1. The predicted octanol–water partition coefficient (Wildman–Crippen LogP) is 4.19. The van der Waals surface area contributed by atoms with Crippen LogP contribution in [0.2, 0.25) is 0 Å². The van der Waals surface area contributed by atoms with Crippen LogP contribution in [0.25, 0.3) is 0 Å². The average Bonchev–Trinajstić information content (AvgIpc) is 3.28. The summed E-state index contributed by atoms with van der Waals surface area (Å²) < 4.78 is 5.61. The maximum absolute atomic E-state index is 12.0. The fourth-order valence-electron chi connectivity index (χ4n) is 5.22. The molecule has 6 heteroatoms. The van der Waals surface area contributed by atoms with Gasteiger partial charge in [-0.15, -0.1) is 11.8 Å². The van der Waals surface area contributed by atoms with Crippen molar-refractivity contribution in [3.8, 4) is 11.5 Å². The second-order valence-corrected chi connectivity index (χ2v) is 9.54. The van der Waals surface area contributed by atoms with Crippen molar-refractivity contribution in [1.82, 2.24) is 4.98 Å². The molecule has 2 saturated carbocycles. The second kappa shape index (κ2) is 5.81. The van der Waals surface area contributed by atoms with E-state index in [0.717, 1.165) is 16.9 Å². The summed E-state index contributed by atoms with van der Waals surface area (Å²) in [6, 6.07) is 5.73. The van der Waals surface area contributed by atoms with Gasteiger partial charge in [0, 0.05) is 16.0 Å². The fourth-order valence-corrected chi connectivity index (χ4v) is 8.11. The Kier molecular flexibility index (Phi) is 3.68. The van der Waals surface area contributed by atoms with Crippen LogP contribution in [0.3, 0.4) is 0 Å². The largest absolute Gasteiger partial charge is 0.504 e. The number of hydrogen-bond donors (Lipinski definition) is 2. The molecule has 0 unspecified atom stereocenters. The average molecular weight is 376 g/mol. The molecule has 2 aliphatic carbocycles. The molecule has 2 aromatic rings. The molecule has 5 rings (SSSR count). The minimum absolute atomic E-state index is 0.0404. The zero-order valence-corrected chi connectivity index (χ0v) is 15.7. The summed E-state index contributed by atoms with van der Waals surface area (Å²) in [6.45, 7) is 2.45. The number of H-pyrrole nitrogens is 1. The van der Waals surface area contributed by atoms with E-state index in [4.69, 9.17) is 4.74 Å². The molecule has 2 heterocycles. The van der Waals surface area contributed by atoms with Crippen LogP contribution in [0.4, 0.5) is 0 Å². The van der Waals surface area contributed by atoms with Gasteiger partial charge in [0.05, 0.1) is 11.6 Å². The Hall–Kier alpha value is -1.40. The summed E-state index contributed by atoms with van der Waals surface area (Å²) >= 11 is 3.26. The normalized spacial score (nSPS) is 32.4. The monoisotopic (exact) mass is 375 g/mol. The van der Waals surface area contributed by atoms with Gasteiger partial charge in [0.25, 0.3) is 0 Å². The molecule has 3 aliphatic rings. The highest BCUT2D eigenvalue weighted by Gasteiger charge is 2.54. The number of aromatic amines is 1. The number of rotatable bonds is 3. The van der Waals surface area contributed by atoms with E-state index >= 15 is 0 Å². The number of benzene rings is 1. The van der Waals surface area contributed by atoms with E-state index in [1.165, 1.54) is 41.0 Å². The molecule has 132 valence electrons. The summed E-state index contributed by atoms with van der Waals surface area (Å²) in [5.41, 5.74) is 1.17. The van der Waals surface area contributed by atoms with Crippen molar-refractivity contribution < 1.29 is 9.84 Å². The maximum Gasteiger partial charge on any atom is 0.305 e. The third-order valence-corrected chi connectivity index (χ3v) is 8.73. The molecule has 2 fully saturated rings. The first-order valence-corrected chi connectivity index (χ1v) is 10.7. The van der Waals surface area contributed by atoms with Crippen molar-refractivity contribution in [2.24, 2.45) is 17.8 Å². The fraction of sp³-hybridized carbons (Fsp3) is 0.526. The Morgan fingerprint density at radius 3 is 3.00 bits per heavy atom. The number of ether oxygens (including phenoxy) is 1. The number of thiazole rings is 1. The standard InChI is InChI=1S/C19H21NO3S2/c1-2-23-13-8-10(5-6-12(13)21)15-14-9-3-4-11(7-9)16(14)24-18-17(15)25-19(22)20-18/h5-6,8-9,11,14-16,21H,2-4,7H2,1H3,(H,20,22)/t9-,11-,14-,15+,16+/m1/s1. The predicted molar refractivity (Wildman–Crippen MR) is 100 cm³/mol. The highest BCUT2D eigenvalue weighted by Crippen LogP contribution is 2.63. The molecule has 1 aromatic carbocycles. The summed E-state index contributed by atoms with van der Waals surface area (Å²) in [5.74, 6) is 3.08. The van der Waals surface area contributed by atoms with Gasteiger partial charge in [0.15, 0.2) is 11.5 Å². The van der Waals surface area contributed by atoms with E-state index < -0.39 is 0 Å². The summed E-state index contributed by atoms with van der Waals surface area (Å²) in [4.78, 5) is 16.3. The SMILES string of the molecule is CCOc1cc([C@@H]2c3sc(=O)[nH]c3S[C@H]3[C@@H]4CC[C@H](C4)[C@H]23)ccc1O. The van der Waals surface area contributed by atoms with Gasteiger partial charge in [-0.3, -0.25) is 4.79 Å². The first kappa shape index (κ1) is 15.8. The first-order chi connectivity index (χ1) is 12.2. The Morgan fingerprint density at radius 1 is 1.32 bits per heavy atom.